The van der Waals surface area contributed by atoms with Crippen molar-refractivity contribution in [3.63, 3.8) is 0 Å². The van der Waals surface area contributed by atoms with Gasteiger partial charge in [-0.1, -0.05) is 6.07 Å². The van der Waals surface area contributed by atoms with Crippen LogP contribution in [0.3, 0.4) is 0 Å². The summed E-state index contributed by atoms with van der Waals surface area (Å²) in [5.74, 6) is -0.715. The summed E-state index contributed by atoms with van der Waals surface area (Å²) in [6, 6.07) is 4.33. The van der Waals surface area contributed by atoms with Gasteiger partial charge in [-0.15, -0.1) is 0 Å². The van der Waals surface area contributed by atoms with Crippen LogP contribution in [0.5, 0.6) is 0 Å². The number of aliphatic carboxylic acids is 1. The normalized spacial score (nSPS) is 10.3. The SMILES string of the molecule is Cc1cc(C)c(NCCCCC(=O)O)cc1C. The van der Waals surface area contributed by atoms with Crippen molar-refractivity contribution < 1.29 is 9.90 Å². The van der Waals surface area contributed by atoms with E-state index in [2.05, 4.69) is 38.2 Å². The summed E-state index contributed by atoms with van der Waals surface area (Å²) in [5.41, 5.74) is 4.98. The van der Waals surface area contributed by atoms with Crippen molar-refractivity contribution in [3.8, 4) is 0 Å². The Morgan fingerprint density at radius 1 is 1.12 bits per heavy atom. The molecule has 94 valence electrons. The van der Waals surface area contributed by atoms with Gasteiger partial charge in [0.05, 0.1) is 0 Å². The van der Waals surface area contributed by atoms with Crippen LogP contribution in [-0.4, -0.2) is 17.6 Å². The molecule has 0 saturated carbocycles. The average Bonchev–Trinajstić information content (AvgIpc) is 2.24. The Balaban J connectivity index is 2.41. The molecule has 1 rings (SSSR count). The number of anilines is 1. The number of hydrogen-bond acceptors (Lipinski definition) is 2. The zero-order chi connectivity index (χ0) is 12.8. The molecule has 0 aliphatic heterocycles. The van der Waals surface area contributed by atoms with Crippen LogP contribution in [0.2, 0.25) is 0 Å². The molecule has 1 aromatic rings. The van der Waals surface area contributed by atoms with E-state index < -0.39 is 5.97 Å². The van der Waals surface area contributed by atoms with Crippen molar-refractivity contribution in [1.82, 2.24) is 0 Å². The number of rotatable bonds is 6. The number of hydrogen-bond donors (Lipinski definition) is 2. The first-order chi connectivity index (χ1) is 8.00. The molecule has 0 fully saturated rings. The van der Waals surface area contributed by atoms with Crippen LogP contribution in [-0.2, 0) is 4.79 Å². The van der Waals surface area contributed by atoms with E-state index in [-0.39, 0.29) is 6.42 Å². The van der Waals surface area contributed by atoms with Gasteiger partial charge < -0.3 is 10.4 Å². The summed E-state index contributed by atoms with van der Waals surface area (Å²) in [7, 11) is 0. The van der Waals surface area contributed by atoms with E-state index in [0.717, 1.165) is 25.1 Å². The highest BCUT2D eigenvalue weighted by atomic mass is 16.4. The molecular formula is C14H21NO2. The number of unbranched alkanes of at least 4 members (excludes halogenated alkanes) is 1. The molecule has 0 atom stereocenters. The molecule has 0 unspecified atom stereocenters. The molecule has 0 bridgehead atoms. The second-order valence-corrected chi connectivity index (χ2v) is 4.53. The highest BCUT2D eigenvalue weighted by molar-refractivity contribution is 5.66. The quantitative estimate of drug-likeness (QED) is 0.744. The summed E-state index contributed by atoms with van der Waals surface area (Å²) < 4.78 is 0. The minimum Gasteiger partial charge on any atom is -0.481 e. The molecule has 17 heavy (non-hydrogen) atoms. The lowest BCUT2D eigenvalue weighted by Crippen LogP contribution is -2.05. The van der Waals surface area contributed by atoms with Crippen LogP contribution in [0.4, 0.5) is 5.69 Å². The van der Waals surface area contributed by atoms with Gasteiger partial charge in [0.15, 0.2) is 0 Å². The van der Waals surface area contributed by atoms with Crippen LogP contribution in [0.1, 0.15) is 36.0 Å². The Labute approximate surface area is 103 Å². The lowest BCUT2D eigenvalue weighted by Gasteiger charge is -2.12. The predicted octanol–water partition coefficient (Wildman–Crippen LogP) is 3.28. The zero-order valence-electron chi connectivity index (χ0n) is 10.8. The fraction of sp³-hybridized carbons (Fsp3) is 0.500. The Bertz CT molecular complexity index is 399. The van der Waals surface area contributed by atoms with E-state index in [1.807, 2.05) is 0 Å². The van der Waals surface area contributed by atoms with E-state index in [0.29, 0.717) is 0 Å². The smallest absolute Gasteiger partial charge is 0.303 e. The topological polar surface area (TPSA) is 49.3 Å². The summed E-state index contributed by atoms with van der Waals surface area (Å²) in [5, 5.41) is 11.9. The van der Waals surface area contributed by atoms with Crippen LogP contribution in [0, 0.1) is 20.8 Å². The first kappa shape index (κ1) is 13.6. The second-order valence-electron chi connectivity index (χ2n) is 4.53. The van der Waals surface area contributed by atoms with Gasteiger partial charge in [0.2, 0.25) is 0 Å². The van der Waals surface area contributed by atoms with E-state index in [1.165, 1.54) is 16.7 Å². The molecule has 0 heterocycles. The molecule has 3 nitrogen and oxygen atoms in total. The average molecular weight is 235 g/mol. The van der Waals surface area contributed by atoms with Gasteiger partial charge in [-0.25, -0.2) is 0 Å². The summed E-state index contributed by atoms with van der Waals surface area (Å²) in [4.78, 5) is 10.3. The zero-order valence-corrected chi connectivity index (χ0v) is 10.8. The highest BCUT2D eigenvalue weighted by Crippen LogP contribution is 2.19. The van der Waals surface area contributed by atoms with Gasteiger partial charge >= 0.3 is 5.97 Å². The van der Waals surface area contributed by atoms with E-state index >= 15 is 0 Å². The second kappa shape index (κ2) is 6.28. The van der Waals surface area contributed by atoms with Gasteiger partial charge in [-0.05, 0) is 56.4 Å². The lowest BCUT2D eigenvalue weighted by atomic mass is 10.0. The number of carboxylic acid groups (broad SMARTS) is 1. The Hall–Kier alpha value is -1.51. The molecule has 3 heteroatoms. The van der Waals surface area contributed by atoms with E-state index in [4.69, 9.17) is 5.11 Å². The Morgan fingerprint density at radius 2 is 1.76 bits per heavy atom. The maximum absolute atomic E-state index is 10.3. The summed E-state index contributed by atoms with van der Waals surface area (Å²) >= 11 is 0. The third-order valence-electron chi connectivity index (χ3n) is 2.97. The molecule has 0 amide bonds. The van der Waals surface area contributed by atoms with Gasteiger partial charge in [0.1, 0.15) is 0 Å². The van der Waals surface area contributed by atoms with Crippen molar-refractivity contribution in [2.45, 2.75) is 40.0 Å². The van der Waals surface area contributed by atoms with E-state index in [9.17, 15) is 4.79 Å². The van der Waals surface area contributed by atoms with Crippen LogP contribution >= 0.6 is 0 Å². The maximum Gasteiger partial charge on any atom is 0.303 e. The van der Waals surface area contributed by atoms with Gasteiger partial charge in [0.25, 0.3) is 0 Å². The monoisotopic (exact) mass is 235 g/mol. The molecular weight excluding hydrogens is 214 g/mol. The first-order valence-corrected chi connectivity index (χ1v) is 6.04. The highest BCUT2D eigenvalue weighted by Gasteiger charge is 2.01. The summed E-state index contributed by atoms with van der Waals surface area (Å²) in [6.45, 7) is 7.13. The molecule has 0 saturated heterocycles. The standard InChI is InChI=1S/C14H21NO2/c1-10-8-12(3)13(9-11(10)2)15-7-5-4-6-14(16)17/h8-9,15H,4-7H2,1-3H3,(H,16,17). The third kappa shape index (κ3) is 4.47. The fourth-order valence-corrected chi connectivity index (χ4v) is 1.78. The van der Waals surface area contributed by atoms with Crippen molar-refractivity contribution >= 4 is 11.7 Å². The van der Waals surface area contributed by atoms with E-state index in [1.54, 1.807) is 0 Å². The lowest BCUT2D eigenvalue weighted by molar-refractivity contribution is -0.137. The van der Waals surface area contributed by atoms with Crippen LogP contribution < -0.4 is 5.32 Å². The molecule has 0 aliphatic rings. The molecule has 0 spiro atoms. The third-order valence-corrected chi connectivity index (χ3v) is 2.97. The number of nitrogens with one attached hydrogen (secondary N) is 1. The molecule has 1 aromatic carbocycles. The van der Waals surface area contributed by atoms with Crippen LogP contribution in [0.15, 0.2) is 12.1 Å². The van der Waals surface area contributed by atoms with Crippen molar-refractivity contribution in [2.24, 2.45) is 0 Å². The largest absolute Gasteiger partial charge is 0.481 e. The number of benzene rings is 1. The van der Waals surface area contributed by atoms with Gasteiger partial charge in [0, 0.05) is 18.7 Å². The summed E-state index contributed by atoms with van der Waals surface area (Å²) in [6.07, 6.45) is 1.87. The van der Waals surface area contributed by atoms with Gasteiger partial charge in [-0.2, -0.15) is 0 Å². The first-order valence-electron chi connectivity index (χ1n) is 6.04. The van der Waals surface area contributed by atoms with Crippen molar-refractivity contribution in [3.05, 3.63) is 28.8 Å². The molecule has 2 N–H and O–H groups in total. The minimum atomic E-state index is -0.715. The Kier molecular flexibility index (Phi) is 5.01. The fourth-order valence-electron chi connectivity index (χ4n) is 1.78. The van der Waals surface area contributed by atoms with Crippen molar-refractivity contribution in [2.75, 3.05) is 11.9 Å². The number of aryl methyl sites for hydroxylation is 3. The minimum absolute atomic E-state index is 0.258. The van der Waals surface area contributed by atoms with Crippen molar-refractivity contribution in [1.29, 1.82) is 0 Å². The number of carboxylic acids is 1. The number of carbonyl (C=O) groups is 1. The molecule has 0 radical (unpaired) electrons. The van der Waals surface area contributed by atoms with Crippen LogP contribution in [0.25, 0.3) is 0 Å². The molecule has 0 aliphatic carbocycles. The maximum atomic E-state index is 10.3. The molecule has 0 aromatic heterocycles. The predicted molar refractivity (Wildman–Crippen MR) is 70.6 cm³/mol. The Morgan fingerprint density at radius 3 is 2.41 bits per heavy atom. The van der Waals surface area contributed by atoms with Gasteiger partial charge in [-0.3, -0.25) is 4.79 Å².